The number of sulfonamides is 1. The standard InChI is InChI=1S/C15H19N5O5S/c1-10-14(11(2)25-17-10)26(23,24)20-8-6-19(7-9-20)15(22)12-4-5-13(21)18(3)16-12/h4-5H,6-9H2,1-3H3. The highest BCUT2D eigenvalue weighted by Gasteiger charge is 2.34. The first-order chi connectivity index (χ1) is 12.2. The number of piperazine rings is 1. The monoisotopic (exact) mass is 381 g/mol. The molecule has 1 fully saturated rings. The minimum atomic E-state index is -3.73. The molecule has 3 heterocycles. The minimum absolute atomic E-state index is 0.0806. The molecule has 2 aromatic heterocycles. The lowest BCUT2D eigenvalue weighted by Gasteiger charge is -2.33. The van der Waals surface area contributed by atoms with Crippen LogP contribution in [0.25, 0.3) is 0 Å². The average molecular weight is 381 g/mol. The molecule has 0 saturated carbocycles. The molecular weight excluding hydrogens is 362 g/mol. The number of carbonyl (C=O) groups excluding carboxylic acids is 1. The Hall–Kier alpha value is -2.53. The van der Waals surface area contributed by atoms with Crippen LogP contribution in [0, 0.1) is 13.8 Å². The van der Waals surface area contributed by atoms with E-state index in [2.05, 4.69) is 10.3 Å². The molecule has 0 bridgehead atoms. The molecule has 0 N–H and O–H groups in total. The molecule has 0 atom stereocenters. The molecule has 10 nitrogen and oxygen atoms in total. The fourth-order valence-electron chi connectivity index (χ4n) is 2.88. The quantitative estimate of drug-likeness (QED) is 0.705. The molecule has 0 aliphatic carbocycles. The van der Waals surface area contributed by atoms with Crippen LogP contribution in [0.4, 0.5) is 0 Å². The lowest BCUT2D eigenvalue weighted by Crippen LogP contribution is -2.50. The van der Waals surface area contributed by atoms with Crippen LogP contribution in [0.1, 0.15) is 21.9 Å². The summed E-state index contributed by atoms with van der Waals surface area (Å²) in [5, 5.41) is 7.63. The number of aromatic nitrogens is 3. The van der Waals surface area contributed by atoms with Crippen molar-refractivity contribution >= 4 is 15.9 Å². The van der Waals surface area contributed by atoms with Crippen LogP contribution in [-0.4, -0.2) is 64.6 Å². The Morgan fingerprint density at radius 1 is 1.15 bits per heavy atom. The van der Waals surface area contributed by atoms with Gasteiger partial charge in [0.25, 0.3) is 11.5 Å². The topological polar surface area (TPSA) is 119 Å². The van der Waals surface area contributed by atoms with Gasteiger partial charge in [-0.2, -0.15) is 9.40 Å². The summed E-state index contributed by atoms with van der Waals surface area (Å²) in [5.41, 5.74) is 0.154. The van der Waals surface area contributed by atoms with Gasteiger partial charge in [0, 0.05) is 39.3 Å². The van der Waals surface area contributed by atoms with Crippen LogP contribution in [-0.2, 0) is 17.1 Å². The number of nitrogens with zero attached hydrogens (tertiary/aromatic N) is 5. The third kappa shape index (κ3) is 3.15. The average Bonchev–Trinajstić information content (AvgIpc) is 2.96. The summed E-state index contributed by atoms with van der Waals surface area (Å²) in [4.78, 5) is 25.5. The number of hydrogen-bond donors (Lipinski definition) is 0. The molecule has 1 saturated heterocycles. The Morgan fingerprint density at radius 3 is 2.35 bits per heavy atom. The van der Waals surface area contributed by atoms with Gasteiger partial charge < -0.3 is 9.42 Å². The Labute approximate surface area is 150 Å². The van der Waals surface area contributed by atoms with Crippen molar-refractivity contribution in [3.8, 4) is 0 Å². The summed E-state index contributed by atoms with van der Waals surface area (Å²) >= 11 is 0. The smallest absolute Gasteiger partial charge is 0.274 e. The third-order valence-corrected chi connectivity index (χ3v) is 6.41. The predicted octanol–water partition coefficient (Wildman–Crippen LogP) is -0.468. The maximum Gasteiger partial charge on any atom is 0.274 e. The van der Waals surface area contributed by atoms with E-state index in [4.69, 9.17) is 4.52 Å². The molecule has 26 heavy (non-hydrogen) atoms. The molecule has 1 aliphatic heterocycles. The predicted molar refractivity (Wildman–Crippen MR) is 90.1 cm³/mol. The molecule has 1 aliphatic rings. The van der Waals surface area contributed by atoms with Gasteiger partial charge in [-0.05, 0) is 19.9 Å². The molecule has 0 radical (unpaired) electrons. The lowest BCUT2D eigenvalue weighted by atomic mass is 10.3. The van der Waals surface area contributed by atoms with Gasteiger partial charge in [-0.25, -0.2) is 13.1 Å². The SMILES string of the molecule is Cc1noc(C)c1S(=O)(=O)N1CCN(C(=O)c2ccc(=O)n(C)n2)CC1. The van der Waals surface area contributed by atoms with Crippen LogP contribution in [0.15, 0.2) is 26.3 Å². The van der Waals surface area contributed by atoms with Gasteiger partial charge in [0.05, 0.1) is 0 Å². The third-order valence-electron chi connectivity index (χ3n) is 4.27. The first-order valence-electron chi connectivity index (χ1n) is 7.98. The second kappa shape index (κ2) is 6.65. The zero-order valence-electron chi connectivity index (χ0n) is 14.7. The molecule has 0 unspecified atom stereocenters. The van der Waals surface area contributed by atoms with Gasteiger partial charge in [-0.15, -0.1) is 0 Å². The fourth-order valence-corrected chi connectivity index (χ4v) is 4.60. The fraction of sp³-hybridized carbons (Fsp3) is 0.467. The number of amides is 1. The van der Waals surface area contributed by atoms with Gasteiger partial charge >= 0.3 is 0 Å². The van der Waals surface area contributed by atoms with E-state index < -0.39 is 10.0 Å². The Kier molecular flexibility index (Phi) is 4.67. The second-order valence-electron chi connectivity index (χ2n) is 6.03. The molecule has 140 valence electrons. The van der Waals surface area contributed by atoms with Crippen molar-refractivity contribution in [1.82, 2.24) is 24.1 Å². The van der Waals surface area contributed by atoms with E-state index in [1.807, 2.05) is 0 Å². The Balaban J connectivity index is 1.74. The molecule has 2 aromatic rings. The van der Waals surface area contributed by atoms with Gasteiger partial charge in [0.15, 0.2) is 5.76 Å². The molecule has 0 aromatic carbocycles. The zero-order valence-corrected chi connectivity index (χ0v) is 15.5. The maximum atomic E-state index is 12.8. The molecule has 0 spiro atoms. The van der Waals surface area contributed by atoms with E-state index in [0.717, 1.165) is 4.68 Å². The zero-order chi connectivity index (χ0) is 19.1. The van der Waals surface area contributed by atoms with Crippen LogP contribution in [0.3, 0.4) is 0 Å². The first-order valence-corrected chi connectivity index (χ1v) is 9.42. The second-order valence-corrected chi connectivity index (χ2v) is 7.90. The van der Waals surface area contributed by atoms with E-state index in [0.29, 0.717) is 5.69 Å². The van der Waals surface area contributed by atoms with Crippen molar-refractivity contribution in [2.75, 3.05) is 26.2 Å². The van der Waals surface area contributed by atoms with Crippen LogP contribution >= 0.6 is 0 Å². The van der Waals surface area contributed by atoms with E-state index in [-0.39, 0.29) is 54.0 Å². The van der Waals surface area contributed by atoms with Crippen molar-refractivity contribution in [3.05, 3.63) is 39.6 Å². The summed E-state index contributed by atoms with van der Waals surface area (Å²) in [6.07, 6.45) is 0. The van der Waals surface area contributed by atoms with Crippen LogP contribution < -0.4 is 5.56 Å². The van der Waals surface area contributed by atoms with E-state index in [9.17, 15) is 18.0 Å². The molecular formula is C15H19N5O5S. The maximum absolute atomic E-state index is 12.8. The number of hydrogen-bond acceptors (Lipinski definition) is 7. The lowest BCUT2D eigenvalue weighted by molar-refractivity contribution is 0.0689. The highest BCUT2D eigenvalue weighted by Crippen LogP contribution is 2.24. The number of aryl methyl sites for hydroxylation is 3. The normalized spacial score (nSPS) is 16.0. The van der Waals surface area contributed by atoms with Crippen molar-refractivity contribution in [2.24, 2.45) is 7.05 Å². The van der Waals surface area contributed by atoms with Crippen molar-refractivity contribution in [2.45, 2.75) is 18.7 Å². The molecule has 1 amide bonds. The van der Waals surface area contributed by atoms with Crippen molar-refractivity contribution in [3.63, 3.8) is 0 Å². The van der Waals surface area contributed by atoms with Gasteiger partial charge in [-0.3, -0.25) is 9.59 Å². The van der Waals surface area contributed by atoms with Crippen LogP contribution in [0.5, 0.6) is 0 Å². The van der Waals surface area contributed by atoms with Gasteiger partial charge in [0.2, 0.25) is 10.0 Å². The molecule has 11 heteroatoms. The minimum Gasteiger partial charge on any atom is -0.360 e. The van der Waals surface area contributed by atoms with Gasteiger partial charge in [-0.1, -0.05) is 5.16 Å². The van der Waals surface area contributed by atoms with Crippen LogP contribution in [0.2, 0.25) is 0 Å². The van der Waals surface area contributed by atoms with Crippen molar-refractivity contribution < 1.29 is 17.7 Å². The Bertz CT molecular complexity index is 982. The number of carbonyl (C=O) groups is 1. The highest BCUT2D eigenvalue weighted by atomic mass is 32.2. The number of rotatable bonds is 3. The van der Waals surface area contributed by atoms with Gasteiger partial charge in [0.1, 0.15) is 16.3 Å². The summed E-state index contributed by atoms with van der Waals surface area (Å²) in [6, 6.07) is 2.65. The summed E-state index contributed by atoms with van der Waals surface area (Å²) < 4.78 is 32.9. The van der Waals surface area contributed by atoms with E-state index in [1.165, 1.54) is 28.4 Å². The molecule has 3 rings (SSSR count). The Morgan fingerprint density at radius 2 is 1.81 bits per heavy atom. The summed E-state index contributed by atoms with van der Waals surface area (Å²) in [7, 11) is -2.26. The largest absolute Gasteiger partial charge is 0.360 e. The first kappa shape index (κ1) is 18.3. The van der Waals surface area contributed by atoms with E-state index >= 15 is 0 Å². The summed E-state index contributed by atoms with van der Waals surface area (Å²) in [6.45, 7) is 3.90. The van der Waals surface area contributed by atoms with Crippen molar-refractivity contribution in [1.29, 1.82) is 0 Å². The van der Waals surface area contributed by atoms with E-state index in [1.54, 1.807) is 13.8 Å². The highest BCUT2D eigenvalue weighted by molar-refractivity contribution is 7.89. The summed E-state index contributed by atoms with van der Waals surface area (Å²) in [5.74, 6) is -0.0922.